The van der Waals surface area contributed by atoms with Gasteiger partial charge in [-0.2, -0.15) is 0 Å². The van der Waals surface area contributed by atoms with E-state index in [0.717, 1.165) is 25.7 Å². The molecule has 0 heterocycles. The molecule has 0 N–H and O–H groups in total. The fourth-order valence-electron chi connectivity index (χ4n) is 1.55. The van der Waals surface area contributed by atoms with Crippen LogP contribution in [0.1, 0.15) is 39.0 Å². The van der Waals surface area contributed by atoms with Crippen molar-refractivity contribution in [3.63, 3.8) is 0 Å². The molecule has 0 fully saturated rings. The van der Waals surface area contributed by atoms with Crippen LogP contribution in [0.2, 0.25) is 0 Å². The van der Waals surface area contributed by atoms with Gasteiger partial charge in [0.15, 0.2) is 6.29 Å². The molecule has 0 spiro atoms. The van der Waals surface area contributed by atoms with Crippen LogP contribution in [0.4, 0.5) is 0 Å². The van der Waals surface area contributed by atoms with E-state index in [9.17, 15) is 0 Å². The van der Waals surface area contributed by atoms with Gasteiger partial charge in [-0.15, -0.1) is 0 Å². The minimum Gasteiger partial charge on any atom is -0.381 e. The summed E-state index contributed by atoms with van der Waals surface area (Å²) in [6.45, 7) is 2.18. The van der Waals surface area contributed by atoms with Gasteiger partial charge in [-0.1, -0.05) is 13.3 Å². The van der Waals surface area contributed by atoms with E-state index in [1.807, 2.05) is 0 Å². The summed E-state index contributed by atoms with van der Waals surface area (Å²) in [5.41, 5.74) is 0. The molecular weight excluding hydrogens is 180 g/mol. The number of methoxy groups -OCH3 is 3. The van der Waals surface area contributed by atoms with E-state index < -0.39 is 0 Å². The van der Waals surface area contributed by atoms with Gasteiger partial charge in [0.2, 0.25) is 0 Å². The van der Waals surface area contributed by atoms with Crippen LogP contribution in [-0.4, -0.2) is 33.7 Å². The van der Waals surface area contributed by atoms with Gasteiger partial charge < -0.3 is 14.2 Å². The second-order valence-corrected chi connectivity index (χ2v) is 3.48. The van der Waals surface area contributed by atoms with Crippen LogP contribution < -0.4 is 0 Å². The van der Waals surface area contributed by atoms with E-state index in [1.54, 1.807) is 21.3 Å². The van der Waals surface area contributed by atoms with E-state index in [0.29, 0.717) is 6.10 Å². The van der Waals surface area contributed by atoms with Crippen LogP contribution in [0, 0.1) is 0 Å². The van der Waals surface area contributed by atoms with Crippen LogP contribution in [-0.2, 0) is 14.2 Å². The number of hydrogen-bond acceptors (Lipinski definition) is 3. The largest absolute Gasteiger partial charge is 0.381 e. The molecule has 1 atom stereocenters. The van der Waals surface area contributed by atoms with Crippen molar-refractivity contribution in [1.29, 1.82) is 0 Å². The van der Waals surface area contributed by atoms with Crippen LogP contribution in [0.25, 0.3) is 0 Å². The molecule has 3 nitrogen and oxygen atoms in total. The maximum Gasteiger partial charge on any atom is 0.156 e. The van der Waals surface area contributed by atoms with E-state index in [-0.39, 0.29) is 6.29 Å². The maximum atomic E-state index is 5.36. The number of rotatable bonds is 9. The highest BCUT2D eigenvalue weighted by Crippen LogP contribution is 2.12. The van der Waals surface area contributed by atoms with Gasteiger partial charge in [0.25, 0.3) is 0 Å². The third kappa shape index (κ3) is 6.35. The summed E-state index contributed by atoms with van der Waals surface area (Å²) in [4.78, 5) is 0. The zero-order chi connectivity index (χ0) is 10.8. The zero-order valence-corrected chi connectivity index (χ0v) is 9.91. The Labute approximate surface area is 87.7 Å². The molecular formula is C11H24O3. The highest BCUT2D eigenvalue weighted by atomic mass is 16.7. The summed E-state index contributed by atoms with van der Waals surface area (Å²) in [6.07, 6.45) is 5.77. The van der Waals surface area contributed by atoms with E-state index in [1.165, 1.54) is 6.42 Å². The highest BCUT2D eigenvalue weighted by Gasteiger charge is 2.09. The summed E-state index contributed by atoms with van der Waals surface area (Å²) >= 11 is 0. The lowest BCUT2D eigenvalue weighted by Gasteiger charge is -2.16. The first-order valence-electron chi connectivity index (χ1n) is 5.36. The lowest BCUT2D eigenvalue weighted by molar-refractivity contribution is -0.108. The molecule has 0 amide bonds. The summed E-state index contributed by atoms with van der Waals surface area (Å²) in [5, 5.41) is 0. The van der Waals surface area contributed by atoms with Crippen molar-refractivity contribution in [3.05, 3.63) is 0 Å². The molecule has 1 unspecified atom stereocenters. The Morgan fingerprint density at radius 2 is 1.50 bits per heavy atom. The Balaban J connectivity index is 3.48. The van der Waals surface area contributed by atoms with Crippen LogP contribution in [0.3, 0.4) is 0 Å². The van der Waals surface area contributed by atoms with Gasteiger partial charge in [0.1, 0.15) is 0 Å². The molecule has 0 rings (SSSR count). The molecule has 0 saturated heterocycles. The molecule has 86 valence electrons. The first-order chi connectivity index (χ1) is 6.78. The molecule has 0 saturated carbocycles. The van der Waals surface area contributed by atoms with Gasteiger partial charge in [0.05, 0.1) is 6.10 Å². The molecule has 0 aromatic carbocycles. The standard InChI is InChI=1S/C11H24O3/c1-5-7-10(12-2)8-6-9-11(13-3)14-4/h10-11H,5-9H2,1-4H3. The Hall–Kier alpha value is -0.120. The number of hydrogen-bond donors (Lipinski definition) is 0. The predicted molar refractivity (Wildman–Crippen MR) is 57.4 cm³/mol. The van der Waals surface area contributed by atoms with Crippen molar-refractivity contribution in [2.45, 2.75) is 51.4 Å². The third-order valence-corrected chi connectivity index (χ3v) is 2.44. The third-order valence-electron chi connectivity index (χ3n) is 2.44. The first-order valence-corrected chi connectivity index (χ1v) is 5.36. The van der Waals surface area contributed by atoms with Gasteiger partial charge in [-0.3, -0.25) is 0 Å². The van der Waals surface area contributed by atoms with E-state index in [2.05, 4.69) is 6.92 Å². The summed E-state index contributed by atoms with van der Waals surface area (Å²) in [6, 6.07) is 0. The minimum absolute atomic E-state index is 0.0610. The Morgan fingerprint density at radius 1 is 0.857 bits per heavy atom. The van der Waals surface area contributed by atoms with Crippen LogP contribution in [0.5, 0.6) is 0 Å². The molecule has 0 aliphatic carbocycles. The average molecular weight is 204 g/mol. The molecule has 0 bridgehead atoms. The monoisotopic (exact) mass is 204 g/mol. The van der Waals surface area contributed by atoms with Crippen molar-refractivity contribution >= 4 is 0 Å². The summed E-state index contributed by atoms with van der Waals surface area (Å²) in [7, 11) is 5.13. The summed E-state index contributed by atoms with van der Waals surface area (Å²) < 4.78 is 15.6. The molecule has 0 aliphatic rings. The Kier molecular flexibility index (Phi) is 9.35. The van der Waals surface area contributed by atoms with Gasteiger partial charge in [-0.25, -0.2) is 0 Å². The quantitative estimate of drug-likeness (QED) is 0.540. The van der Waals surface area contributed by atoms with Gasteiger partial charge in [0, 0.05) is 21.3 Å². The van der Waals surface area contributed by atoms with Gasteiger partial charge in [-0.05, 0) is 25.7 Å². The molecule has 0 radical (unpaired) electrons. The lowest BCUT2D eigenvalue weighted by Crippen LogP contribution is -2.15. The van der Waals surface area contributed by atoms with Crippen LogP contribution in [0.15, 0.2) is 0 Å². The second-order valence-electron chi connectivity index (χ2n) is 3.48. The average Bonchev–Trinajstić information content (AvgIpc) is 2.23. The topological polar surface area (TPSA) is 27.7 Å². The lowest BCUT2D eigenvalue weighted by atomic mass is 10.1. The van der Waals surface area contributed by atoms with Crippen molar-refractivity contribution in [3.8, 4) is 0 Å². The maximum absolute atomic E-state index is 5.36. The predicted octanol–water partition coefficient (Wildman–Crippen LogP) is 2.59. The Bertz CT molecular complexity index is 113. The molecule has 3 heteroatoms. The minimum atomic E-state index is -0.0610. The van der Waals surface area contributed by atoms with Crippen molar-refractivity contribution in [2.75, 3.05) is 21.3 Å². The first kappa shape index (κ1) is 13.9. The zero-order valence-electron chi connectivity index (χ0n) is 9.91. The Morgan fingerprint density at radius 3 is 1.93 bits per heavy atom. The van der Waals surface area contributed by atoms with E-state index >= 15 is 0 Å². The number of ether oxygens (including phenoxy) is 3. The fourth-order valence-corrected chi connectivity index (χ4v) is 1.55. The van der Waals surface area contributed by atoms with E-state index in [4.69, 9.17) is 14.2 Å². The normalized spacial score (nSPS) is 13.5. The van der Waals surface area contributed by atoms with Crippen molar-refractivity contribution < 1.29 is 14.2 Å². The van der Waals surface area contributed by atoms with Crippen LogP contribution >= 0.6 is 0 Å². The van der Waals surface area contributed by atoms with Crippen molar-refractivity contribution in [2.24, 2.45) is 0 Å². The fraction of sp³-hybridized carbons (Fsp3) is 1.00. The van der Waals surface area contributed by atoms with Crippen molar-refractivity contribution in [1.82, 2.24) is 0 Å². The smallest absolute Gasteiger partial charge is 0.156 e. The molecule has 14 heavy (non-hydrogen) atoms. The highest BCUT2D eigenvalue weighted by molar-refractivity contribution is 4.57. The molecule has 0 aromatic heterocycles. The molecule has 0 aromatic rings. The molecule has 0 aliphatic heterocycles. The second kappa shape index (κ2) is 9.44. The van der Waals surface area contributed by atoms with Gasteiger partial charge >= 0.3 is 0 Å². The summed E-state index contributed by atoms with van der Waals surface area (Å²) in [5.74, 6) is 0. The SMILES string of the molecule is CCCC(CCCC(OC)OC)OC.